The van der Waals surface area contributed by atoms with E-state index in [4.69, 9.17) is 15.3 Å². The lowest BCUT2D eigenvalue weighted by Gasteiger charge is -2.40. The Hall–Kier alpha value is -2.23. The number of ether oxygens (including phenoxy) is 1. The third kappa shape index (κ3) is 4.91. The highest BCUT2D eigenvalue weighted by Gasteiger charge is 2.50. The van der Waals surface area contributed by atoms with Gasteiger partial charge < -0.3 is 20.2 Å². The second kappa shape index (κ2) is 8.13. The molecule has 0 radical (unpaired) electrons. The summed E-state index contributed by atoms with van der Waals surface area (Å²) in [4.78, 5) is 31.8. The van der Waals surface area contributed by atoms with Crippen molar-refractivity contribution in [3.8, 4) is 0 Å². The van der Waals surface area contributed by atoms with Crippen LogP contribution in [0.1, 0.15) is 51.3 Å². The fourth-order valence-electron chi connectivity index (χ4n) is 3.66. The molecule has 0 aromatic carbocycles. The van der Waals surface area contributed by atoms with Crippen LogP contribution in [0.15, 0.2) is 22.7 Å². The molecule has 0 bridgehead atoms. The van der Waals surface area contributed by atoms with Gasteiger partial charge in [0.05, 0.1) is 11.3 Å². The molecule has 1 aliphatic carbocycles. The number of amides is 1. The molecule has 0 unspecified atom stereocenters. The molecular formula is C20H27F2N3O4S. The number of hydrogen-bond donors (Lipinski definition) is 1. The van der Waals surface area contributed by atoms with Crippen molar-refractivity contribution in [2.24, 2.45) is 16.8 Å². The van der Waals surface area contributed by atoms with E-state index in [1.807, 2.05) is 38.3 Å². The van der Waals surface area contributed by atoms with Gasteiger partial charge in [0, 0.05) is 30.8 Å². The van der Waals surface area contributed by atoms with Crippen LogP contribution in [0.4, 0.5) is 13.6 Å². The minimum Gasteiger partial charge on any atom is -0.444 e. The Morgan fingerprint density at radius 1 is 1.27 bits per heavy atom. The van der Waals surface area contributed by atoms with Crippen molar-refractivity contribution >= 4 is 29.2 Å². The highest BCUT2D eigenvalue weighted by molar-refractivity contribution is 7.10. The van der Waals surface area contributed by atoms with Crippen molar-refractivity contribution in [3.63, 3.8) is 0 Å². The van der Waals surface area contributed by atoms with E-state index in [0.717, 1.165) is 4.88 Å². The number of amidine groups is 1. The SMILES string of the molecule is CC(C)(C)OC(=O)N1CCC(/C(N)=N/OC(=O)C2CC(F)(F)C2)(c2cccs2)CC1. The minimum atomic E-state index is -2.81. The van der Waals surface area contributed by atoms with Crippen molar-refractivity contribution < 1.29 is 27.9 Å². The van der Waals surface area contributed by atoms with Gasteiger partial charge in [0.2, 0.25) is 5.92 Å². The zero-order chi connectivity index (χ0) is 22.2. The van der Waals surface area contributed by atoms with Crippen LogP contribution in [0, 0.1) is 5.92 Å². The number of hydrogen-bond acceptors (Lipinski definition) is 6. The van der Waals surface area contributed by atoms with Gasteiger partial charge in [-0.25, -0.2) is 18.4 Å². The van der Waals surface area contributed by atoms with Crippen molar-refractivity contribution in [3.05, 3.63) is 22.4 Å². The van der Waals surface area contributed by atoms with Gasteiger partial charge in [0.15, 0.2) is 5.84 Å². The molecule has 0 atom stereocenters. The van der Waals surface area contributed by atoms with Gasteiger partial charge in [-0.3, -0.25) is 0 Å². The number of carbonyl (C=O) groups excluding carboxylic acids is 2. The number of halogens is 2. The zero-order valence-electron chi connectivity index (χ0n) is 17.3. The van der Waals surface area contributed by atoms with Gasteiger partial charge >= 0.3 is 12.1 Å². The Balaban J connectivity index is 1.70. The fourth-order valence-corrected chi connectivity index (χ4v) is 4.66. The van der Waals surface area contributed by atoms with Crippen LogP contribution >= 0.6 is 11.3 Å². The van der Waals surface area contributed by atoms with Crippen molar-refractivity contribution in [2.45, 2.75) is 63.4 Å². The Kier molecular flexibility index (Phi) is 6.08. The maximum atomic E-state index is 13.0. The Morgan fingerprint density at radius 3 is 2.40 bits per heavy atom. The first-order valence-electron chi connectivity index (χ1n) is 9.86. The summed E-state index contributed by atoms with van der Waals surface area (Å²) in [7, 11) is 0. The average molecular weight is 444 g/mol. The van der Waals surface area contributed by atoms with E-state index in [-0.39, 0.29) is 5.84 Å². The maximum Gasteiger partial charge on any atom is 0.410 e. The molecule has 2 aliphatic rings. The number of oxime groups is 1. The topological polar surface area (TPSA) is 94.2 Å². The van der Waals surface area contributed by atoms with E-state index in [9.17, 15) is 18.4 Å². The number of carbonyl (C=O) groups is 2. The third-order valence-corrected chi connectivity index (χ3v) is 6.48. The summed E-state index contributed by atoms with van der Waals surface area (Å²) in [5.74, 6) is -4.36. The Bertz CT molecular complexity index is 805. The van der Waals surface area contributed by atoms with Crippen LogP contribution in [0.3, 0.4) is 0 Å². The molecule has 166 valence electrons. The first-order valence-corrected chi connectivity index (χ1v) is 10.7. The molecule has 1 amide bonds. The number of nitrogens with two attached hydrogens (primary N) is 1. The van der Waals surface area contributed by atoms with Crippen molar-refractivity contribution in [2.75, 3.05) is 13.1 Å². The van der Waals surface area contributed by atoms with Gasteiger partial charge in [0.25, 0.3) is 0 Å². The monoisotopic (exact) mass is 443 g/mol. The second-order valence-corrected chi connectivity index (χ2v) is 9.82. The standard InChI is InChI=1S/C20H27F2N3O4S/c1-18(2,3)28-17(27)25-8-6-19(7-9-25,14-5-4-10-30-14)16(23)24-29-15(26)13-11-20(21,22)12-13/h4-5,10,13H,6-9,11-12H2,1-3H3,(H2,23,24). The fraction of sp³-hybridized carbons (Fsp3) is 0.650. The smallest absolute Gasteiger partial charge is 0.410 e. The van der Waals surface area contributed by atoms with Crippen LogP contribution in [-0.2, 0) is 19.8 Å². The number of alkyl halides is 2. The molecule has 10 heteroatoms. The minimum absolute atomic E-state index is 0.105. The third-order valence-electron chi connectivity index (χ3n) is 5.41. The highest BCUT2D eigenvalue weighted by atomic mass is 32.1. The van der Waals surface area contributed by atoms with Crippen LogP contribution < -0.4 is 5.73 Å². The predicted molar refractivity (Wildman–Crippen MR) is 108 cm³/mol. The summed E-state index contributed by atoms with van der Waals surface area (Å²) in [5, 5.41) is 5.74. The van der Waals surface area contributed by atoms with Gasteiger partial charge in [-0.1, -0.05) is 11.2 Å². The Morgan fingerprint density at radius 2 is 1.90 bits per heavy atom. The molecule has 1 aromatic heterocycles. The second-order valence-electron chi connectivity index (χ2n) is 8.87. The first-order chi connectivity index (χ1) is 13.9. The lowest BCUT2D eigenvalue weighted by atomic mass is 9.76. The number of piperidine rings is 1. The van der Waals surface area contributed by atoms with Gasteiger partial charge in [-0.2, -0.15) is 0 Å². The normalized spacial score (nSPS) is 21.6. The lowest BCUT2D eigenvalue weighted by molar-refractivity contribution is -0.171. The van der Waals surface area contributed by atoms with E-state index in [1.165, 1.54) is 11.3 Å². The molecular weight excluding hydrogens is 416 g/mol. The number of likely N-dealkylation sites (tertiary alicyclic amines) is 1. The predicted octanol–water partition coefficient (Wildman–Crippen LogP) is 3.88. The van der Waals surface area contributed by atoms with E-state index >= 15 is 0 Å². The molecule has 1 saturated carbocycles. The van der Waals surface area contributed by atoms with Crippen LogP contribution in [0.2, 0.25) is 0 Å². The number of rotatable bonds is 4. The molecule has 1 aliphatic heterocycles. The summed E-state index contributed by atoms with van der Waals surface area (Å²) in [6, 6.07) is 3.81. The van der Waals surface area contributed by atoms with Crippen LogP contribution in [0.5, 0.6) is 0 Å². The average Bonchev–Trinajstić information content (AvgIpc) is 3.17. The molecule has 2 N–H and O–H groups in total. The van der Waals surface area contributed by atoms with E-state index < -0.39 is 47.8 Å². The zero-order valence-corrected chi connectivity index (χ0v) is 18.1. The summed E-state index contributed by atoms with van der Waals surface area (Å²) in [6.07, 6.45) is -0.498. The largest absolute Gasteiger partial charge is 0.444 e. The van der Waals surface area contributed by atoms with Crippen LogP contribution in [-0.4, -0.2) is 47.4 Å². The molecule has 7 nitrogen and oxygen atoms in total. The quantitative estimate of drug-likeness (QED) is 0.330. The molecule has 2 fully saturated rings. The van der Waals surface area contributed by atoms with Gasteiger partial charge in [0.1, 0.15) is 5.60 Å². The summed E-state index contributed by atoms with van der Waals surface area (Å²) >= 11 is 1.50. The van der Waals surface area contributed by atoms with Gasteiger partial charge in [-0.15, -0.1) is 11.3 Å². The summed E-state index contributed by atoms with van der Waals surface area (Å²) in [5.41, 5.74) is 4.97. The first kappa shape index (κ1) is 22.5. The molecule has 3 rings (SSSR count). The molecule has 30 heavy (non-hydrogen) atoms. The number of thiophene rings is 1. The number of nitrogens with zero attached hydrogens (tertiary/aromatic N) is 2. The van der Waals surface area contributed by atoms with E-state index in [1.54, 1.807) is 4.90 Å². The van der Waals surface area contributed by atoms with E-state index in [0.29, 0.717) is 25.9 Å². The van der Waals surface area contributed by atoms with Crippen LogP contribution in [0.25, 0.3) is 0 Å². The van der Waals surface area contributed by atoms with E-state index in [2.05, 4.69) is 5.16 Å². The summed E-state index contributed by atoms with van der Waals surface area (Å²) < 4.78 is 31.4. The van der Waals surface area contributed by atoms with Gasteiger partial charge in [-0.05, 0) is 45.1 Å². The van der Waals surface area contributed by atoms with Crippen molar-refractivity contribution in [1.29, 1.82) is 0 Å². The maximum absolute atomic E-state index is 13.0. The lowest BCUT2D eigenvalue weighted by Crippen LogP contribution is -2.52. The highest BCUT2D eigenvalue weighted by Crippen LogP contribution is 2.43. The molecule has 1 aromatic rings. The Labute approximate surface area is 178 Å². The molecule has 1 saturated heterocycles. The van der Waals surface area contributed by atoms with Crippen molar-refractivity contribution in [1.82, 2.24) is 4.90 Å². The molecule has 2 heterocycles. The summed E-state index contributed by atoms with van der Waals surface area (Å²) in [6.45, 7) is 6.21. The molecule has 0 spiro atoms.